The number of carbonyl (C=O) groups excluding carboxylic acids is 1. The van der Waals surface area contributed by atoms with Crippen molar-refractivity contribution in [3.05, 3.63) is 58.9 Å². The van der Waals surface area contributed by atoms with Crippen molar-refractivity contribution in [3.8, 4) is 11.5 Å². The first kappa shape index (κ1) is 27.9. The summed E-state index contributed by atoms with van der Waals surface area (Å²) in [5.41, 5.74) is 1.44. The van der Waals surface area contributed by atoms with E-state index < -0.39 is 21.9 Å². The van der Waals surface area contributed by atoms with Gasteiger partial charge in [0.25, 0.3) is 5.91 Å². The molecule has 2 aromatic rings. The first-order valence-corrected chi connectivity index (χ1v) is 15.3. The van der Waals surface area contributed by atoms with E-state index in [1.54, 1.807) is 7.11 Å². The second-order valence-electron chi connectivity index (χ2n) is 10.8. The van der Waals surface area contributed by atoms with Gasteiger partial charge in [-0.05, 0) is 73.3 Å². The van der Waals surface area contributed by atoms with Gasteiger partial charge in [-0.3, -0.25) is 4.79 Å². The van der Waals surface area contributed by atoms with E-state index in [2.05, 4.69) is 4.72 Å². The molecule has 1 N–H and O–H groups in total. The van der Waals surface area contributed by atoms with E-state index >= 15 is 4.39 Å². The third-order valence-electron chi connectivity index (χ3n) is 7.87. The average Bonchev–Trinajstić information content (AvgIpc) is 3.67. The Hall–Kier alpha value is -2.69. The Bertz CT molecular complexity index is 1260. The SMILES string of the molecule is COc1ccc(CO[C@H]2CCN(S(=O)(=O)NC(=O)c3cc(C4CC4)c(OCC4CCCCC4)cc3F)C2)cc1. The summed E-state index contributed by atoms with van der Waals surface area (Å²) in [7, 11) is -2.56. The van der Waals surface area contributed by atoms with Crippen LogP contribution in [0.25, 0.3) is 0 Å². The van der Waals surface area contributed by atoms with Crippen LogP contribution in [0.3, 0.4) is 0 Å². The molecular weight excluding hydrogens is 523 g/mol. The zero-order chi connectivity index (χ0) is 27.4. The highest BCUT2D eigenvalue weighted by molar-refractivity contribution is 7.87. The molecule has 5 rings (SSSR count). The number of ether oxygens (including phenoxy) is 3. The zero-order valence-corrected chi connectivity index (χ0v) is 23.2. The fourth-order valence-electron chi connectivity index (χ4n) is 5.37. The fourth-order valence-corrected chi connectivity index (χ4v) is 6.55. The van der Waals surface area contributed by atoms with E-state index in [0.717, 1.165) is 42.6 Å². The topological polar surface area (TPSA) is 94.2 Å². The number of carbonyl (C=O) groups is 1. The number of hydrogen-bond donors (Lipinski definition) is 1. The van der Waals surface area contributed by atoms with E-state index in [0.29, 0.717) is 31.3 Å². The van der Waals surface area contributed by atoms with Crippen LogP contribution < -0.4 is 14.2 Å². The lowest BCUT2D eigenvalue weighted by atomic mass is 9.90. The highest BCUT2D eigenvalue weighted by atomic mass is 32.2. The molecule has 0 radical (unpaired) electrons. The average molecular weight is 561 g/mol. The molecule has 3 aliphatic rings. The lowest BCUT2D eigenvalue weighted by Crippen LogP contribution is -2.43. The van der Waals surface area contributed by atoms with Crippen LogP contribution in [0.1, 0.15) is 78.8 Å². The Kier molecular flexibility index (Phi) is 8.73. The number of rotatable bonds is 11. The summed E-state index contributed by atoms with van der Waals surface area (Å²) in [6, 6.07) is 10.2. The van der Waals surface area contributed by atoms with Gasteiger partial charge in [0, 0.05) is 19.2 Å². The number of hydrogen-bond acceptors (Lipinski definition) is 6. The minimum Gasteiger partial charge on any atom is -0.497 e. The molecule has 39 heavy (non-hydrogen) atoms. The summed E-state index contributed by atoms with van der Waals surface area (Å²) < 4.78 is 61.3. The van der Waals surface area contributed by atoms with Crippen molar-refractivity contribution in [2.45, 2.75) is 70.0 Å². The van der Waals surface area contributed by atoms with Crippen LogP contribution in [0.2, 0.25) is 0 Å². The smallest absolute Gasteiger partial charge is 0.304 e. The molecule has 8 nitrogen and oxygen atoms in total. The number of methoxy groups -OCH3 is 1. The number of amides is 1. The molecule has 0 bridgehead atoms. The Morgan fingerprint density at radius 1 is 1.05 bits per heavy atom. The van der Waals surface area contributed by atoms with Gasteiger partial charge in [0.15, 0.2) is 0 Å². The maximum absolute atomic E-state index is 15.1. The molecule has 0 spiro atoms. The maximum Gasteiger partial charge on any atom is 0.304 e. The van der Waals surface area contributed by atoms with Gasteiger partial charge >= 0.3 is 10.2 Å². The summed E-state index contributed by atoms with van der Waals surface area (Å²) in [5.74, 6) is 0.124. The van der Waals surface area contributed by atoms with Crippen molar-refractivity contribution in [2.24, 2.45) is 5.92 Å². The molecule has 3 fully saturated rings. The fraction of sp³-hybridized carbons (Fsp3) is 0.552. The Morgan fingerprint density at radius 2 is 1.79 bits per heavy atom. The molecule has 2 saturated carbocycles. The first-order chi connectivity index (χ1) is 18.8. The lowest BCUT2D eigenvalue weighted by Gasteiger charge is -2.23. The minimum absolute atomic E-state index is 0.114. The standard InChI is InChI=1S/C29H37FN2O6S/c1-36-23-11-7-21(8-12-23)18-37-24-13-14-32(17-24)39(34,35)31-29(33)26-15-25(22-9-10-22)28(16-27(26)30)38-19-20-5-3-2-4-6-20/h7-8,11-12,15-16,20,22,24H,2-6,9-10,13-14,17-19H2,1H3,(H,31,33)/t24-/m0/s1. The van der Waals surface area contributed by atoms with Crippen molar-refractivity contribution in [1.82, 2.24) is 9.03 Å². The second kappa shape index (κ2) is 12.2. The third kappa shape index (κ3) is 7.10. The molecular formula is C29H37FN2O6S. The predicted octanol–water partition coefficient (Wildman–Crippen LogP) is 4.94. The van der Waals surface area contributed by atoms with Crippen LogP contribution in [0.15, 0.2) is 36.4 Å². The quantitative estimate of drug-likeness (QED) is 0.419. The van der Waals surface area contributed by atoms with Gasteiger partial charge in [-0.15, -0.1) is 0 Å². The first-order valence-electron chi connectivity index (χ1n) is 13.9. The monoisotopic (exact) mass is 560 g/mol. The number of halogens is 1. The third-order valence-corrected chi connectivity index (χ3v) is 9.33. The lowest BCUT2D eigenvalue weighted by molar-refractivity contribution is 0.0508. The van der Waals surface area contributed by atoms with Gasteiger partial charge in [-0.2, -0.15) is 12.7 Å². The molecule has 212 valence electrons. The van der Waals surface area contributed by atoms with Crippen molar-refractivity contribution in [2.75, 3.05) is 26.8 Å². The van der Waals surface area contributed by atoms with E-state index in [1.165, 1.54) is 35.7 Å². The van der Waals surface area contributed by atoms with E-state index in [4.69, 9.17) is 14.2 Å². The number of benzene rings is 2. The number of nitrogens with one attached hydrogen (secondary N) is 1. The molecule has 2 aliphatic carbocycles. The van der Waals surface area contributed by atoms with Crippen LogP contribution in [0.5, 0.6) is 11.5 Å². The van der Waals surface area contributed by atoms with Crippen molar-refractivity contribution in [3.63, 3.8) is 0 Å². The van der Waals surface area contributed by atoms with Gasteiger partial charge in [-0.25, -0.2) is 9.11 Å². The van der Waals surface area contributed by atoms with Crippen LogP contribution >= 0.6 is 0 Å². The van der Waals surface area contributed by atoms with Crippen LogP contribution in [-0.4, -0.2) is 51.5 Å². The summed E-state index contributed by atoms with van der Waals surface area (Å²) in [5, 5.41) is 0. The van der Waals surface area contributed by atoms with Gasteiger partial charge < -0.3 is 14.2 Å². The highest BCUT2D eigenvalue weighted by Crippen LogP contribution is 2.45. The molecule has 2 aromatic carbocycles. The largest absolute Gasteiger partial charge is 0.497 e. The molecule has 1 aliphatic heterocycles. The van der Waals surface area contributed by atoms with Crippen LogP contribution in [-0.2, 0) is 21.6 Å². The Labute approximate surface area is 230 Å². The van der Waals surface area contributed by atoms with E-state index in [9.17, 15) is 13.2 Å². The van der Waals surface area contributed by atoms with Crippen LogP contribution in [0.4, 0.5) is 4.39 Å². The molecule has 1 heterocycles. The van der Waals surface area contributed by atoms with E-state index in [1.807, 2.05) is 24.3 Å². The zero-order valence-electron chi connectivity index (χ0n) is 22.4. The van der Waals surface area contributed by atoms with Gasteiger partial charge in [-0.1, -0.05) is 31.4 Å². The number of nitrogens with zero attached hydrogens (tertiary/aromatic N) is 1. The highest BCUT2D eigenvalue weighted by Gasteiger charge is 2.35. The maximum atomic E-state index is 15.1. The van der Waals surface area contributed by atoms with Gasteiger partial charge in [0.2, 0.25) is 0 Å². The summed E-state index contributed by atoms with van der Waals surface area (Å²) >= 11 is 0. The molecule has 1 amide bonds. The predicted molar refractivity (Wildman–Crippen MR) is 145 cm³/mol. The van der Waals surface area contributed by atoms with Crippen molar-refractivity contribution in [1.29, 1.82) is 0 Å². The molecule has 0 unspecified atom stereocenters. The second-order valence-corrected chi connectivity index (χ2v) is 12.5. The van der Waals surface area contributed by atoms with Crippen molar-refractivity contribution >= 4 is 16.1 Å². The van der Waals surface area contributed by atoms with E-state index in [-0.39, 0.29) is 30.7 Å². The molecule has 1 atom stereocenters. The Balaban J connectivity index is 1.19. The van der Waals surface area contributed by atoms with Gasteiger partial charge in [0.05, 0.1) is 32.0 Å². The van der Waals surface area contributed by atoms with Crippen LogP contribution in [0, 0.1) is 11.7 Å². The normalized spacial score (nSPS) is 20.6. The minimum atomic E-state index is -4.16. The molecule has 10 heteroatoms. The molecule has 0 aromatic heterocycles. The van der Waals surface area contributed by atoms with Crippen molar-refractivity contribution < 1.29 is 31.8 Å². The summed E-state index contributed by atoms with van der Waals surface area (Å²) in [6.45, 7) is 1.19. The Morgan fingerprint density at radius 3 is 2.49 bits per heavy atom. The molecule has 1 saturated heterocycles. The summed E-state index contributed by atoms with van der Waals surface area (Å²) in [6.07, 6.45) is 7.94. The summed E-state index contributed by atoms with van der Waals surface area (Å²) in [4.78, 5) is 13.0. The van der Waals surface area contributed by atoms with Gasteiger partial charge in [0.1, 0.15) is 17.3 Å².